The zero-order chi connectivity index (χ0) is 32.3. The molecule has 0 saturated heterocycles. The molecular weight excluding hydrogens is 591 g/mol. The normalized spacial score (nSPS) is 11.7. The van der Waals surface area contributed by atoms with Gasteiger partial charge in [-0.15, -0.1) is 0 Å². The average Bonchev–Trinajstić information content (AvgIpc) is 3.18. The van der Waals surface area contributed by atoms with Gasteiger partial charge in [0.1, 0.15) is 0 Å². The van der Waals surface area contributed by atoms with Crippen LogP contribution in [0.25, 0.3) is 75.8 Å². The fraction of sp³-hybridized carbons (Fsp3) is 0. The molecule has 1 heteroatoms. The zero-order valence-electron chi connectivity index (χ0n) is 26.8. The van der Waals surface area contributed by atoms with Crippen LogP contribution in [-0.2, 0) is 0 Å². The minimum absolute atomic E-state index is 1.12. The van der Waals surface area contributed by atoms with Gasteiger partial charge in [-0.05, 0) is 101 Å². The molecule has 0 aliphatic heterocycles. The second kappa shape index (κ2) is 11.1. The number of fused-ring (bicyclic) bond motifs is 10. The summed E-state index contributed by atoms with van der Waals surface area (Å²) in [6.07, 6.45) is 0. The maximum Gasteiger partial charge on any atom is 0.0540 e. The molecule has 10 rings (SSSR count). The van der Waals surface area contributed by atoms with Gasteiger partial charge in [0, 0.05) is 16.8 Å². The SMILES string of the molecule is c1ccc(-c2cccc(N(c3ccc4ccc5ccccc5c4c3)c3cccc4c3ccc3ccc5ccc6ccccc6c5c34)c2)cc1. The van der Waals surface area contributed by atoms with Crippen molar-refractivity contribution in [3.63, 3.8) is 0 Å². The van der Waals surface area contributed by atoms with Crippen molar-refractivity contribution >= 4 is 81.7 Å². The largest absolute Gasteiger partial charge is 0.310 e. The van der Waals surface area contributed by atoms with Crippen LogP contribution in [0.1, 0.15) is 0 Å². The lowest BCUT2D eigenvalue weighted by atomic mass is 9.92. The molecule has 0 N–H and O–H groups in total. The summed E-state index contributed by atoms with van der Waals surface area (Å²) in [5, 5.41) is 15.2. The number of nitrogens with zero attached hydrogens (tertiary/aromatic N) is 1. The second-order valence-corrected chi connectivity index (χ2v) is 12.9. The molecule has 10 aromatic carbocycles. The van der Waals surface area contributed by atoms with Gasteiger partial charge in [0.05, 0.1) is 5.69 Å². The standard InChI is InChI=1S/C48H31N/c1-2-10-32(11-3-1)38-14-8-15-39(30-38)49(40-28-26-35-21-20-33-12-4-6-16-41(33)45(35)31-40)46-19-9-18-44-43(46)29-27-37-25-24-36-23-22-34-13-5-7-17-42(34)47(36)48(37)44/h1-31H. The number of rotatable bonds is 4. The van der Waals surface area contributed by atoms with Crippen molar-refractivity contribution < 1.29 is 0 Å². The topological polar surface area (TPSA) is 3.24 Å². The quantitative estimate of drug-likeness (QED) is 0.177. The Morgan fingerprint density at radius 2 is 0.796 bits per heavy atom. The highest BCUT2D eigenvalue weighted by molar-refractivity contribution is 6.28. The summed E-state index contributed by atoms with van der Waals surface area (Å²) in [5.74, 6) is 0. The lowest BCUT2D eigenvalue weighted by Gasteiger charge is -2.28. The van der Waals surface area contributed by atoms with Crippen molar-refractivity contribution in [3.8, 4) is 11.1 Å². The first kappa shape index (κ1) is 27.7. The smallest absolute Gasteiger partial charge is 0.0540 e. The van der Waals surface area contributed by atoms with E-state index in [1.807, 2.05) is 0 Å². The van der Waals surface area contributed by atoms with Gasteiger partial charge >= 0.3 is 0 Å². The van der Waals surface area contributed by atoms with Crippen LogP contribution in [0, 0.1) is 0 Å². The summed E-state index contributed by atoms with van der Waals surface area (Å²) in [7, 11) is 0. The van der Waals surface area contributed by atoms with Crippen molar-refractivity contribution in [1.29, 1.82) is 0 Å². The molecule has 0 aliphatic rings. The third-order valence-corrected chi connectivity index (χ3v) is 10.2. The Hall–Kier alpha value is -6.44. The number of hydrogen-bond donors (Lipinski definition) is 0. The number of anilines is 3. The van der Waals surface area contributed by atoms with Crippen LogP contribution in [0.5, 0.6) is 0 Å². The maximum absolute atomic E-state index is 2.45. The van der Waals surface area contributed by atoms with Crippen LogP contribution < -0.4 is 4.90 Å². The third-order valence-electron chi connectivity index (χ3n) is 10.2. The Labute approximate surface area is 284 Å². The molecule has 228 valence electrons. The van der Waals surface area contributed by atoms with Crippen molar-refractivity contribution in [2.24, 2.45) is 0 Å². The molecule has 0 radical (unpaired) electrons. The van der Waals surface area contributed by atoms with Crippen LogP contribution in [0.15, 0.2) is 188 Å². The first-order valence-corrected chi connectivity index (χ1v) is 16.9. The van der Waals surface area contributed by atoms with E-state index in [-0.39, 0.29) is 0 Å². The van der Waals surface area contributed by atoms with Gasteiger partial charge in [-0.3, -0.25) is 0 Å². The van der Waals surface area contributed by atoms with Crippen molar-refractivity contribution in [2.45, 2.75) is 0 Å². The van der Waals surface area contributed by atoms with Gasteiger partial charge in [-0.1, -0.05) is 158 Å². The van der Waals surface area contributed by atoms with E-state index in [0.29, 0.717) is 0 Å². The predicted molar refractivity (Wildman–Crippen MR) is 212 cm³/mol. The highest BCUT2D eigenvalue weighted by Gasteiger charge is 2.19. The van der Waals surface area contributed by atoms with E-state index in [9.17, 15) is 0 Å². The van der Waals surface area contributed by atoms with Crippen molar-refractivity contribution in [2.75, 3.05) is 4.90 Å². The van der Waals surface area contributed by atoms with Gasteiger partial charge < -0.3 is 4.90 Å². The van der Waals surface area contributed by atoms with Crippen LogP contribution in [0.3, 0.4) is 0 Å². The zero-order valence-corrected chi connectivity index (χ0v) is 26.8. The number of benzene rings is 10. The van der Waals surface area contributed by atoms with Gasteiger partial charge in [0.25, 0.3) is 0 Å². The maximum atomic E-state index is 2.45. The first-order chi connectivity index (χ1) is 24.3. The molecule has 0 saturated carbocycles. The Balaban J connectivity index is 1.29. The van der Waals surface area contributed by atoms with E-state index >= 15 is 0 Å². The fourth-order valence-electron chi connectivity index (χ4n) is 7.87. The predicted octanol–water partition coefficient (Wildman–Crippen LogP) is 13.7. The van der Waals surface area contributed by atoms with E-state index in [1.54, 1.807) is 0 Å². The molecule has 49 heavy (non-hydrogen) atoms. The highest BCUT2D eigenvalue weighted by Crippen LogP contribution is 2.44. The number of hydrogen-bond acceptors (Lipinski definition) is 1. The Kier molecular flexibility index (Phi) is 6.25. The van der Waals surface area contributed by atoms with E-state index in [2.05, 4.69) is 193 Å². The van der Waals surface area contributed by atoms with Crippen molar-refractivity contribution in [1.82, 2.24) is 0 Å². The van der Waals surface area contributed by atoms with E-state index in [1.165, 1.54) is 75.8 Å². The molecule has 0 spiro atoms. The molecule has 0 fully saturated rings. The lowest BCUT2D eigenvalue weighted by molar-refractivity contribution is 1.30. The molecule has 1 nitrogen and oxygen atoms in total. The average molecular weight is 622 g/mol. The van der Waals surface area contributed by atoms with Gasteiger partial charge in [0.2, 0.25) is 0 Å². The second-order valence-electron chi connectivity index (χ2n) is 12.9. The lowest BCUT2D eigenvalue weighted by Crippen LogP contribution is -2.10. The third kappa shape index (κ3) is 4.47. The monoisotopic (exact) mass is 621 g/mol. The van der Waals surface area contributed by atoms with Gasteiger partial charge in [0.15, 0.2) is 0 Å². The first-order valence-electron chi connectivity index (χ1n) is 16.9. The summed E-state index contributed by atoms with van der Waals surface area (Å²) in [6.45, 7) is 0. The fourth-order valence-corrected chi connectivity index (χ4v) is 7.87. The Bertz CT molecular complexity index is 2880. The molecule has 0 unspecified atom stereocenters. The molecule has 0 heterocycles. The van der Waals surface area contributed by atoms with Crippen LogP contribution in [0.4, 0.5) is 17.1 Å². The minimum Gasteiger partial charge on any atom is -0.310 e. The molecular formula is C48H31N. The summed E-state index contributed by atoms with van der Waals surface area (Å²) in [4.78, 5) is 2.45. The van der Waals surface area contributed by atoms with Crippen LogP contribution in [0.2, 0.25) is 0 Å². The van der Waals surface area contributed by atoms with E-state index < -0.39 is 0 Å². The highest BCUT2D eigenvalue weighted by atomic mass is 15.1. The van der Waals surface area contributed by atoms with E-state index in [0.717, 1.165) is 17.1 Å². The summed E-state index contributed by atoms with van der Waals surface area (Å²) in [5.41, 5.74) is 5.80. The van der Waals surface area contributed by atoms with Crippen LogP contribution >= 0.6 is 0 Å². The Morgan fingerprint density at radius 3 is 1.59 bits per heavy atom. The molecule has 0 bridgehead atoms. The van der Waals surface area contributed by atoms with Gasteiger partial charge in [-0.25, -0.2) is 0 Å². The molecule has 0 aromatic heterocycles. The molecule has 0 amide bonds. The van der Waals surface area contributed by atoms with Crippen LogP contribution in [-0.4, -0.2) is 0 Å². The van der Waals surface area contributed by atoms with Gasteiger partial charge in [-0.2, -0.15) is 0 Å². The Morgan fingerprint density at radius 1 is 0.265 bits per heavy atom. The van der Waals surface area contributed by atoms with Crippen molar-refractivity contribution in [3.05, 3.63) is 188 Å². The summed E-state index contributed by atoms with van der Waals surface area (Å²) >= 11 is 0. The summed E-state index contributed by atoms with van der Waals surface area (Å²) in [6, 6.07) is 68.9. The molecule has 0 aliphatic carbocycles. The minimum atomic E-state index is 1.12. The summed E-state index contributed by atoms with van der Waals surface area (Å²) < 4.78 is 0. The van der Waals surface area contributed by atoms with E-state index in [4.69, 9.17) is 0 Å². The molecule has 0 atom stereocenters. The molecule has 10 aromatic rings.